The lowest BCUT2D eigenvalue weighted by Gasteiger charge is -2.21. The molecule has 0 radical (unpaired) electrons. The van der Waals surface area contributed by atoms with E-state index in [2.05, 4.69) is 29.1 Å². The number of fused-ring (bicyclic) bond motifs is 1. The average molecular weight is 209 g/mol. The van der Waals surface area contributed by atoms with E-state index < -0.39 is 6.23 Å². The Morgan fingerprint density at radius 2 is 2.33 bits per heavy atom. The second-order valence-electron chi connectivity index (χ2n) is 3.71. The number of imidazole rings is 1. The molecule has 0 spiro atoms. The summed E-state index contributed by atoms with van der Waals surface area (Å²) in [7, 11) is 1.59. The number of aliphatic imine (C=N–C) groups is 1. The Hall–Kier alpha value is -1.56. The number of nitrogens with two attached hydrogens (primary N) is 1. The predicted molar refractivity (Wildman–Crippen MR) is 57.6 cm³/mol. The van der Waals surface area contributed by atoms with Crippen molar-refractivity contribution in [1.82, 2.24) is 9.55 Å². The van der Waals surface area contributed by atoms with Gasteiger partial charge in [-0.1, -0.05) is 0 Å². The topological polar surface area (TPSA) is 77.5 Å². The highest BCUT2D eigenvalue weighted by molar-refractivity contribution is 5.93. The quantitative estimate of drug-likeness (QED) is 0.757. The Morgan fingerprint density at radius 3 is 2.93 bits per heavy atom. The Morgan fingerprint density at radius 1 is 1.60 bits per heavy atom. The van der Waals surface area contributed by atoms with Crippen molar-refractivity contribution >= 4 is 11.8 Å². The van der Waals surface area contributed by atoms with Gasteiger partial charge in [-0.25, -0.2) is 9.98 Å². The highest BCUT2D eigenvalue weighted by Crippen LogP contribution is 2.30. The van der Waals surface area contributed by atoms with E-state index in [4.69, 9.17) is 10.5 Å². The van der Waals surface area contributed by atoms with Crippen molar-refractivity contribution in [2.24, 2.45) is 10.7 Å². The fourth-order valence-electron chi connectivity index (χ4n) is 1.58. The van der Waals surface area contributed by atoms with Crippen LogP contribution in [0.1, 0.15) is 31.8 Å². The number of guanidine groups is 1. The summed E-state index contributed by atoms with van der Waals surface area (Å²) in [6.07, 6.45) is 1.36. The van der Waals surface area contributed by atoms with Gasteiger partial charge in [-0.05, 0) is 13.8 Å². The highest BCUT2D eigenvalue weighted by atomic mass is 16.5. The van der Waals surface area contributed by atoms with Crippen LogP contribution in [0.4, 0.5) is 5.82 Å². The molecule has 82 valence electrons. The lowest BCUT2D eigenvalue weighted by Crippen LogP contribution is -2.29. The number of hydrogen-bond acceptors (Lipinski definition) is 5. The predicted octanol–water partition coefficient (Wildman–Crippen LogP) is 0.849. The van der Waals surface area contributed by atoms with Crippen molar-refractivity contribution in [3.05, 3.63) is 12.0 Å². The molecule has 6 heteroatoms. The molecule has 1 atom stereocenters. The molecule has 1 aliphatic rings. The molecule has 0 saturated carbocycles. The van der Waals surface area contributed by atoms with Crippen LogP contribution >= 0.6 is 0 Å². The van der Waals surface area contributed by atoms with Crippen LogP contribution in [0.15, 0.2) is 11.3 Å². The molecule has 2 rings (SSSR count). The van der Waals surface area contributed by atoms with Crippen LogP contribution in [0.2, 0.25) is 0 Å². The fraction of sp³-hybridized carbons (Fsp3) is 0.556. The van der Waals surface area contributed by atoms with E-state index >= 15 is 0 Å². The molecule has 1 unspecified atom stereocenters. The molecule has 1 aromatic rings. The van der Waals surface area contributed by atoms with Crippen LogP contribution in [-0.4, -0.2) is 22.6 Å². The molecule has 6 nitrogen and oxygen atoms in total. The number of nitrogens with one attached hydrogen (secondary N) is 1. The zero-order chi connectivity index (χ0) is 11.0. The average Bonchev–Trinajstić information content (AvgIpc) is 2.59. The molecule has 0 aromatic carbocycles. The van der Waals surface area contributed by atoms with E-state index in [-0.39, 0.29) is 0 Å². The molecule has 0 amide bonds. The third-order valence-electron chi connectivity index (χ3n) is 2.34. The molecule has 0 fully saturated rings. The van der Waals surface area contributed by atoms with E-state index in [1.54, 1.807) is 13.4 Å². The van der Waals surface area contributed by atoms with Gasteiger partial charge in [-0.15, -0.1) is 0 Å². The van der Waals surface area contributed by atoms with Gasteiger partial charge in [0.25, 0.3) is 0 Å². The minimum Gasteiger partial charge on any atom is -0.370 e. The number of aromatic nitrogens is 2. The Balaban J connectivity index is 2.44. The maximum Gasteiger partial charge on any atom is 0.198 e. The summed E-state index contributed by atoms with van der Waals surface area (Å²) in [5, 5.41) is 3.00. The highest BCUT2D eigenvalue weighted by Gasteiger charge is 2.25. The molecule has 0 bridgehead atoms. The zero-order valence-corrected chi connectivity index (χ0v) is 9.06. The van der Waals surface area contributed by atoms with E-state index in [0.717, 1.165) is 11.5 Å². The fourth-order valence-corrected chi connectivity index (χ4v) is 1.58. The summed E-state index contributed by atoms with van der Waals surface area (Å²) in [5.41, 5.74) is 6.44. The van der Waals surface area contributed by atoms with Crippen LogP contribution in [-0.2, 0) is 4.74 Å². The molecule has 0 aliphatic carbocycles. The van der Waals surface area contributed by atoms with Crippen molar-refractivity contribution < 1.29 is 4.74 Å². The van der Waals surface area contributed by atoms with E-state index in [0.29, 0.717) is 12.0 Å². The monoisotopic (exact) mass is 209 g/mol. The molecular formula is C9H15N5O. The van der Waals surface area contributed by atoms with E-state index in [1.807, 2.05) is 4.57 Å². The number of ether oxygens (including phenoxy) is 1. The number of anilines is 1. The largest absolute Gasteiger partial charge is 0.370 e. The maximum absolute atomic E-state index is 5.66. The van der Waals surface area contributed by atoms with Gasteiger partial charge in [0.2, 0.25) is 0 Å². The summed E-state index contributed by atoms with van der Waals surface area (Å²) >= 11 is 0. The standard InChI is InChI=1S/C9H15N5O/c1-5(2)14-4-11-6-7(14)12-9(10)13-8(6)15-3/h4-5,8H,1-3H3,(H3,10,12,13). The second kappa shape index (κ2) is 3.54. The van der Waals surface area contributed by atoms with Gasteiger partial charge in [0, 0.05) is 13.2 Å². The first kappa shape index (κ1) is 9.97. The van der Waals surface area contributed by atoms with Gasteiger partial charge in [0.1, 0.15) is 11.5 Å². The SMILES string of the molecule is COC1N=C(N)Nc2c1ncn2C(C)C. The lowest BCUT2D eigenvalue weighted by atomic mass is 10.3. The van der Waals surface area contributed by atoms with Crippen LogP contribution in [0, 0.1) is 0 Å². The number of nitrogens with zero attached hydrogens (tertiary/aromatic N) is 3. The summed E-state index contributed by atoms with van der Waals surface area (Å²) in [5.74, 6) is 1.22. The van der Waals surface area contributed by atoms with Crippen molar-refractivity contribution in [1.29, 1.82) is 0 Å². The summed E-state index contributed by atoms with van der Waals surface area (Å²) in [4.78, 5) is 8.38. The molecule has 1 aromatic heterocycles. The third kappa shape index (κ3) is 1.56. The minimum absolute atomic E-state index is 0.317. The van der Waals surface area contributed by atoms with Gasteiger partial charge in [-0.2, -0.15) is 0 Å². The van der Waals surface area contributed by atoms with Gasteiger partial charge in [0.05, 0.1) is 6.33 Å². The zero-order valence-electron chi connectivity index (χ0n) is 9.06. The van der Waals surface area contributed by atoms with Gasteiger partial charge >= 0.3 is 0 Å². The van der Waals surface area contributed by atoms with Crippen molar-refractivity contribution in [3.8, 4) is 0 Å². The summed E-state index contributed by atoms with van der Waals surface area (Å²) in [6.45, 7) is 4.15. The Labute approximate surface area is 88.2 Å². The maximum atomic E-state index is 5.66. The number of methoxy groups -OCH3 is 1. The van der Waals surface area contributed by atoms with Gasteiger partial charge in [-0.3, -0.25) is 0 Å². The molecule has 1 aliphatic heterocycles. The Kier molecular flexibility index (Phi) is 2.36. The van der Waals surface area contributed by atoms with E-state index in [1.165, 1.54) is 0 Å². The Bertz CT molecular complexity index is 395. The van der Waals surface area contributed by atoms with E-state index in [9.17, 15) is 0 Å². The van der Waals surface area contributed by atoms with Crippen molar-refractivity contribution in [3.63, 3.8) is 0 Å². The molecular weight excluding hydrogens is 194 g/mol. The molecule has 0 saturated heterocycles. The van der Waals surface area contributed by atoms with Crippen LogP contribution in [0.25, 0.3) is 0 Å². The van der Waals surface area contributed by atoms with Crippen molar-refractivity contribution in [2.75, 3.05) is 12.4 Å². The first-order valence-electron chi connectivity index (χ1n) is 4.83. The molecule has 2 heterocycles. The lowest BCUT2D eigenvalue weighted by molar-refractivity contribution is 0.107. The van der Waals surface area contributed by atoms with Gasteiger partial charge < -0.3 is 20.4 Å². The third-order valence-corrected chi connectivity index (χ3v) is 2.34. The number of rotatable bonds is 2. The molecule has 15 heavy (non-hydrogen) atoms. The first-order valence-corrected chi connectivity index (χ1v) is 4.83. The van der Waals surface area contributed by atoms with Crippen molar-refractivity contribution in [2.45, 2.75) is 26.1 Å². The molecule has 3 N–H and O–H groups in total. The number of hydrogen-bond donors (Lipinski definition) is 2. The first-order chi connectivity index (χ1) is 7.13. The van der Waals surface area contributed by atoms with Crippen LogP contribution < -0.4 is 11.1 Å². The second-order valence-corrected chi connectivity index (χ2v) is 3.71. The van der Waals surface area contributed by atoms with Crippen LogP contribution in [0.3, 0.4) is 0 Å². The van der Waals surface area contributed by atoms with Gasteiger partial charge in [0.15, 0.2) is 12.2 Å². The minimum atomic E-state index is -0.402. The normalized spacial score (nSPS) is 19.7. The smallest absolute Gasteiger partial charge is 0.198 e. The summed E-state index contributed by atoms with van der Waals surface area (Å²) in [6, 6.07) is 0.317. The van der Waals surface area contributed by atoms with Crippen LogP contribution in [0.5, 0.6) is 0 Å². The summed E-state index contributed by atoms with van der Waals surface area (Å²) < 4.78 is 7.20.